The summed E-state index contributed by atoms with van der Waals surface area (Å²) in [6.45, 7) is 4.15. The Kier molecular flexibility index (Phi) is 8.05. The van der Waals surface area contributed by atoms with Crippen LogP contribution < -0.4 is 5.32 Å². The van der Waals surface area contributed by atoms with Crippen LogP contribution in [0.5, 0.6) is 0 Å². The molecule has 1 amide bonds. The Morgan fingerprint density at radius 3 is 2.43 bits per heavy atom. The van der Waals surface area contributed by atoms with Crippen molar-refractivity contribution in [2.45, 2.75) is 30.7 Å². The lowest BCUT2D eigenvalue weighted by molar-refractivity contribution is -0.123. The summed E-state index contributed by atoms with van der Waals surface area (Å²) in [6, 6.07) is 17.1. The maximum Gasteiger partial charge on any atom is 0.243 e. The average Bonchev–Trinajstić information content (AvgIpc) is 2.73. The molecule has 2 aromatic carbocycles. The first-order valence-electron chi connectivity index (χ1n) is 10.2. The van der Waals surface area contributed by atoms with E-state index in [0.717, 1.165) is 17.3 Å². The summed E-state index contributed by atoms with van der Waals surface area (Å²) in [5.41, 5.74) is 1.27. The summed E-state index contributed by atoms with van der Waals surface area (Å²) in [5.74, 6) is -0.0149. The normalized spacial score (nSPS) is 16.9. The molecular weight excluding hydrogens is 466 g/mol. The van der Waals surface area contributed by atoms with Gasteiger partial charge < -0.3 is 5.32 Å². The van der Waals surface area contributed by atoms with Crippen LogP contribution in [0, 0.1) is 0 Å². The standard InChI is InChI=1S/C22H28BrN3O3S/c1-18(10-11-19-6-3-2-4-7-19)24-22(27)17-25-12-14-26(15-13-25)30(28,29)21-9-5-8-20(23)16-21/h2-9,16,18H,10-15,17H2,1H3,(H,24,27)/t18-/m0/s1. The zero-order valence-electron chi connectivity index (χ0n) is 17.1. The molecule has 8 heteroatoms. The Hall–Kier alpha value is -1.74. The third kappa shape index (κ3) is 6.38. The van der Waals surface area contributed by atoms with Crippen LogP contribution in [-0.4, -0.2) is 62.3 Å². The smallest absolute Gasteiger partial charge is 0.243 e. The van der Waals surface area contributed by atoms with E-state index in [0.29, 0.717) is 32.7 Å². The summed E-state index contributed by atoms with van der Waals surface area (Å²) >= 11 is 3.32. The first-order valence-corrected chi connectivity index (χ1v) is 12.4. The van der Waals surface area contributed by atoms with Gasteiger partial charge in [-0.2, -0.15) is 4.31 Å². The molecule has 0 bridgehead atoms. The predicted molar refractivity (Wildman–Crippen MR) is 122 cm³/mol. The largest absolute Gasteiger partial charge is 0.353 e. The molecule has 0 aliphatic carbocycles. The molecule has 1 aliphatic rings. The number of amides is 1. The fourth-order valence-corrected chi connectivity index (χ4v) is 5.55. The van der Waals surface area contributed by atoms with Crippen LogP contribution in [0.1, 0.15) is 18.9 Å². The molecule has 0 aromatic heterocycles. The number of benzene rings is 2. The molecule has 2 aromatic rings. The third-order valence-corrected chi connectivity index (χ3v) is 7.64. The van der Waals surface area contributed by atoms with Crippen molar-refractivity contribution in [2.24, 2.45) is 0 Å². The molecule has 1 fully saturated rings. The van der Waals surface area contributed by atoms with Crippen LogP contribution in [-0.2, 0) is 21.2 Å². The zero-order valence-corrected chi connectivity index (χ0v) is 19.5. The van der Waals surface area contributed by atoms with Crippen molar-refractivity contribution in [3.63, 3.8) is 0 Å². The monoisotopic (exact) mass is 493 g/mol. The highest BCUT2D eigenvalue weighted by Gasteiger charge is 2.29. The molecule has 1 atom stereocenters. The van der Waals surface area contributed by atoms with Crippen molar-refractivity contribution in [3.8, 4) is 0 Å². The Bertz CT molecular complexity index is 945. The summed E-state index contributed by atoms with van der Waals surface area (Å²) < 4.78 is 27.8. The Morgan fingerprint density at radius 2 is 1.77 bits per heavy atom. The fourth-order valence-electron chi connectivity index (χ4n) is 3.53. The number of nitrogens with zero attached hydrogens (tertiary/aromatic N) is 2. The van der Waals surface area contributed by atoms with Crippen LogP contribution in [0.2, 0.25) is 0 Å². The minimum absolute atomic E-state index is 0.0149. The van der Waals surface area contributed by atoms with Crippen LogP contribution in [0.15, 0.2) is 64.0 Å². The number of hydrogen-bond acceptors (Lipinski definition) is 4. The molecule has 1 saturated heterocycles. The number of carbonyl (C=O) groups excluding carboxylic acids is 1. The molecule has 3 rings (SSSR count). The minimum Gasteiger partial charge on any atom is -0.353 e. The predicted octanol–water partition coefficient (Wildman–Crippen LogP) is 2.89. The van der Waals surface area contributed by atoms with Gasteiger partial charge in [-0.1, -0.05) is 52.3 Å². The van der Waals surface area contributed by atoms with Crippen molar-refractivity contribution < 1.29 is 13.2 Å². The number of sulfonamides is 1. The van der Waals surface area contributed by atoms with E-state index < -0.39 is 10.0 Å². The van der Waals surface area contributed by atoms with Crippen molar-refractivity contribution in [3.05, 3.63) is 64.6 Å². The van der Waals surface area contributed by atoms with Gasteiger partial charge in [0.15, 0.2) is 0 Å². The van der Waals surface area contributed by atoms with Gasteiger partial charge in [0, 0.05) is 36.7 Å². The van der Waals surface area contributed by atoms with Gasteiger partial charge in [-0.3, -0.25) is 9.69 Å². The van der Waals surface area contributed by atoms with Gasteiger partial charge in [0.1, 0.15) is 0 Å². The Balaban J connectivity index is 1.43. The second-order valence-electron chi connectivity index (χ2n) is 7.63. The number of aryl methyl sites for hydroxylation is 1. The number of nitrogens with one attached hydrogen (secondary N) is 1. The lowest BCUT2D eigenvalue weighted by Gasteiger charge is -2.33. The van der Waals surface area contributed by atoms with Gasteiger partial charge >= 0.3 is 0 Å². The quantitative estimate of drug-likeness (QED) is 0.613. The second kappa shape index (κ2) is 10.5. The number of rotatable bonds is 8. The summed E-state index contributed by atoms with van der Waals surface area (Å²) in [5, 5.41) is 3.05. The Morgan fingerprint density at radius 1 is 1.07 bits per heavy atom. The molecule has 1 N–H and O–H groups in total. The lowest BCUT2D eigenvalue weighted by atomic mass is 10.1. The van der Waals surface area contributed by atoms with E-state index in [1.165, 1.54) is 9.87 Å². The van der Waals surface area contributed by atoms with Gasteiger partial charge in [-0.15, -0.1) is 0 Å². The van der Waals surface area contributed by atoms with Crippen molar-refractivity contribution in [1.29, 1.82) is 0 Å². The van der Waals surface area contributed by atoms with Gasteiger partial charge in [0.2, 0.25) is 15.9 Å². The van der Waals surface area contributed by atoms with E-state index in [9.17, 15) is 13.2 Å². The van der Waals surface area contributed by atoms with E-state index in [1.54, 1.807) is 24.3 Å². The van der Waals surface area contributed by atoms with Gasteiger partial charge in [-0.05, 0) is 43.5 Å². The molecule has 1 heterocycles. The topological polar surface area (TPSA) is 69.7 Å². The second-order valence-corrected chi connectivity index (χ2v) is 10.5. The first kappa shape index (κ1) is 22.9. The average molecular weight is 494 g/mol. The van der Waals surface area contributed by atoms with Crippen LogP contribution in [0.25, 0.3) is 0 Å². The zero-order chi connectivity index (χ0) is 21.6. The third-order valence-electron chi connectivity index (χ3n) is 5.25. The molecule has 0 unspecified atom stereocenters. The molecule has 162 valence electrons. The van der Waals surface area contributed by atoms with E-state index in [-0.39, 0.29) is 16.8 Å². The molecule has 0 radical (unpaired) electrons. The SMILES string of the molecule is C[C@@H](CCc1ccccc1)NC(=O)CN1CCN(S(=O)(=O)c2cccc(Br)c2)CC1. The summed E-state index contributed by atoms with van der Waals surface area (Å²) in [6.07, 6.45) is 1.81. The van der Waals surface area contributed by atoms with Crippen molar-refractivity contribution in [2.75, 3.05) is 32.7 Å². The molecule has 0 saturated carbocycles. The maximum absolute atomic E-state index is 12.8. The molecule has 30 heavy (non-hydrogen) atoms. The van der Waals surface area contributed by atoms with E-state index in [4.69, 9.17) is 0 Å². The van der Waals surface area contributed by atoms with E-state index in [1.807, 2.05) is 30.0 Å². The summed E-state index contributed by atoms with van der Waals surface area (Å²) in [7, 11) is -3.51. The van der Waals surface area contributed by atoms with Gasteiger partial charge in [0.25, 0.3) is 0 Å². The molecule has 0 spiro atoms. The van der Waals surface area contributed by atoms with E-state index >= 15 is 0 Å². The number of piperazine rings is 1. The molecular formula is C22H28BrN3O3S. The fraction of sp³-hybridized carbons (Fsp3) is 0.409. The minimum atomic E-state index is -3.51. The van der Waals surface area contributed by atoms with E-state index in [2.05, 4.69) is 33.4 Å². The number of hydrogen-bond donors (Lipinski definition) is 1. The maximum atomic E-state index is 12.8. The highest BCUT2D eigenvalue weighted by Crippen LogP contribution is 2.21. The van der Waals surface area contributed by atoms with Crippen LogP contribution in [0.4, 0.5) is 0 Å². The highest BCUT2D eigenvalue weighted by atomic mass is 79.9. The lowest BCUT2D eigenvalue weighted by Crippen LogP contribution is -2.51. The highest BCUT2D eigenvalue weighted by molar-refractivity contribution is 9.10. The number of halogens is 1. The Labute approximate surface area is 187 Å². The van der Waals surface area contributed by atoms with Crippen LogP contribution >= 0.6 is 15.9 Å². The molecule has 6 nitrogen and oxygen atoms in total. The van der Waals surface area contributed by atoms with Gasteiger partial charge in [0.05, 0.1) is 11.4 Å². The van der Waals surface area contributed by atoms with Crippen molar-refractivity contribution in [1.82, 2.24) is 14.5 Å². The van der Waals surface area contributed by atoms with Gasteiger partial charge in [-0.25, -0.2) is 8.42 Å². The first-order chi connectivity index (χ1) is 14.3. The number of carbonyl (C=O) groups is 1. The van der Waals surface area contributed by atoms with Crippen LogP contribution in [0.3, 0.4) is 0 Å². The van der Waals surface area contributed by atoms with Crippen molar-refractivity contribution >= 4 is 31.9 Å². The summed E-state index contributed by atoms with van der Waals surface area (Å²) in [4.78, 5) is 14.7. The molecule has 1 aliphatic heterocycles.